The van der Waals surface area contributed by atoms with Crippen molar-refractivity contribution in [2.75, 3.05) is 11.9 Å². The molecule has 0 aliphatic rings. The molecule has 1 aromatic heterocycles. The van der Waals surface area contributed by atoms with Crippen molar-refractivity contribution < 1.29 is 4.79 Å². The summed E-state index contributed by atoms with van der Waals surface area (Å²) >= 11 is 7.05. The van der Waals surface area contributed by atoms with Crippen LogP contribution >= 0.6 is 22.9 Å². The van der Waals surface area contributed by atoms with Crippen LogP contribution in [-0.2, 0) is 0 Å². The van der Waals surface area contributed by atoms with Crippen LogP contribution in [-0.4, -0.2) is 13.0 Å². The van der Waals surface area contributed by atoms with E-state index in [0.29, 0.717) is 20.5 Å². The number of carbonyl (C=O) groups excluding carboxylic acids is 1. The van der Waals surface area contributed by atoms with Crippen LogP contribution in [0, 0.1) is 11.3 Å². The molecule has 2 aromatic rings. The Labute approximate surface area is 114 Å². The SMILES string of the molecule is CN(C(=O)c1ccc(Cl)s1)c1cccc(C#N)c1. The fourth-order valence-corrected chi connectivity index (χ4v) is 2.51. The highest BCUT2D eigenvalue weighted by Crippen LogP contribution is 2.24. The smallest absolute Gasteiger partial charge is 0.268 e. The molecule has 18 heavy (non-hydrogen) atoms. The van der Waals surface area contributed by atoms with Gasteiger partial charge >= 0.3 is 0 Å². The molecule has 90 valence electrons. The van der Waals surface area contributed by atoms with Gasteiger partial charge in [-0.3, -0.25) is 4.79 Å². The molecule has 5 heteroatoms. The topological polar surface area (TPSA) is 44.1 Å². The van der Waals surface area contributed by atoms with Crippen molar-refractivity contribution in [3.8, 4) is 6.07 Å². The Hall–Kier alpha value is -1.83. The summed E-state index contributed by atoms with van der Waals surface area (Å²) in [5.74, 6) is -0.137. The van der Waals surface area contributed by atoms with Gasteiger partial charge in [-0.1, -0.05) is 17.7 Å². The van der Waals surface area contributed by atoms with Gasteiger partial charge in [-0.15, -0.1) is 11.3 Å². The predicted molar refractivity (Wildman–Crippen MR) is 73.2 cm³/mol. The second kappa shape index (κ2) is 5.21. The maximum Gasteiger partial charge on any atom is 0.268 e. The van der Waals surface area contributed by atoms with Gasteiger partial charge in [0, 0.05) is 12.7 Å². The van der Waals surface area contributed by atoms with Crippen LogP contribution in [0.4, 0.5) is 5.69 Å². The van der Waals surface area contributed by atoms with E-state index in [2.05, 4.69) is 0 Å². The van der Waals surface area contributed by atoms with Gasteiger partial charge in [-0.05, 0) is 30.3 Å². The summed E-state index contributed by atoms with van der Waals surface area (Å²) in [7, 11) is 1.67. The van der Waals surface area contributed by atoms with E-state index < -0.39 is 0 Å². The van der Waals surface area contributed by atoms with E-state index in [1.807, 2.05) is 6.07 Å². The molecule has 0 fully saturated rings. The number of benzene rings is 1. The van der Waals surface area contributed by atoms with Gasteiger partial charge in [-0.25, -0.2) is 0 Å². The number of hydrogen-bond donors (Lipinski definition) is 0. The van der Waals surface area contributed by atoms with Crippen molar-refractivity contribution in [1.29, 1.82) is 5.26 Å². The van der Waals surface area contributed by atoms with E-state index in [1.54, 1.807) is 43.4 Å². The largest absolute Gasteiger partial charge is 0.311 e. The minimum absolute atomic E-state index is 0.137. The molecule has 1 aromatic carbocycles. The first kappa shape index (κ1) is 12.6. The van der Waals surface area contributed by atoms with E-state index in [4.69, 9.17) is 16.9 Å². The maximum atomic E-state index is 12.2. The molecule has 1 heterocycles. The summed E-state index contributed by atoms with van der Waals surface area (Å²) in [6, 6.07) is 12.3. The molecule has 0 aliphatic carbocycles. The summed E-state index contributed by atoms with van der Waals surface area (Å²) in [6.07, 6.45) is 0. The number of amides is 1. The zero-order valence-corrected chi connectivity index (χ0v) is 11.1. The Kier molecular flexibility index (Phi) is 3.66. The van der Waals surface area contributed by atoms with Crippen molar-refractivity contribution >= 4 is 34.5 Å². The zero-order valence-electron chi connectivity index (χ0n) is 9.55. The number of nitriles is 1. The highest BCUT2D eigenvalue weighted by molar-refractivity contribution is 7.18. The van der Waals surface area contributed by atoms with Crippen LogP contribution in [0.25, 0.3) is 0 Å². The number of thiophene rings is 1. The van der Waals surface area contributed by atoms with Gasteiger partial charge in [-0.2, -0.15) is 5.26 Å². The Morgan fingerprint density at radius 2 is 2.17 bits per heavy atom. The number of halogens is 1. The van der Waals surface area contributed by atoms with Gasteiger partial charge in [0.05, 0.1) is 20.8 Å². The summed E-state index contributed by atoms with van der Waals surface area (Å²) in [5.41, 5.74) is 1.21. The van der Waals surface area contributed by atoms with Crippen LogP contribution in [0.3, 0.4) is 0 Å². The van der Waals surface area contributed by atoms with Gasteiger partial charge in [0.2, 0.25) is 0 Å². The van der Waals surface area contributed by atoms with Crippen LogP contribution in [0.2, 0.25) is 4.34 Å². The number of nitrogens with zero attached hydrogens (tertiary/aromatic N) is 2. The molecule has 0 aliphatic heterocycles. The van der Waals surface area contributed by atoms with Crippen LogP contribution < -0.4 is 4.90 Å². The molecule has 0 unspecified atom stereocenters. The van der Waals surface area contributed by atoms with Crippen LogP contribution in [0.1, 0.15) is 15.2 Å². The predicted octanol–water partition coefficient (Wildman–Crippen LogP) is 3.55. The summed E-state index contributed by atoms with van der Waals surface area (Å²) < 4.78 is 0.581. The van der Waals surface area contributed by atoms with E-state index >= 15 is 0 Å². The quantitative estimate of drug-likeness (QED) is 0.842. The van der Waals surface area contributed by atoms with Gasteiger partial charge in [0.25, 0.3) is 5.91 Å². The number of hydrogen-bond acceptors (Lipinski definition) is 3. The van der Waals surface area contributed by atoms with Gasteiger partial charge in [0.1, 0.15) is 0 Å². The third kappa shape index (κ3) is 2.53. The van der Waals surface area contributed by atoms with E-state index in [1.165, 1.54) is 16.2 Å². The van der Waals surface area contributed by atoms with Crippen molar-refractivity contribution in [3.05, 3.63) is 51.2 Å². The van der Waals surface area contributed by atoms with Gasteiger partial charge in [0.15, 0.2) is 0 Å². The lowest BCUT2D eigenvalue weighted by atomic mass is 10.2. The summed E-state index contributed by atoms with van der Waals surface area (Å²) in [5, 5.41) is 8.83. The zero-order chi connectivity index (χ0) is 13.1. The number of rotatable bonds is 2. The normalized spacial score (nSPS) is 9.83. The van der Waals surface area contributed by atoms with Crippen molar-refractivity contribution in [1.82, 2.24) is 0 Å². The first-order valence-electron chi connectivity index (χ1n) is 5.15. The molecule has 2 rings (SSSR count). The van der Waals surface area contributed by atoms with E-state index in [9.17, 15) is 4.79 Å². The Morgan fingerprint density at radius 3 is 2.78 bits per heavy atom. The molecule has 0 saturated heterocycles. The van der Waals surface area contributed by atoms with Crippen molar-refractivity contribution in [3.63, 3.8) is 0 Å². The Balaban J connectivity index is 2.28. The third-order valence-electron chi connectivity index (χ3n) is 2.45. The number of carbonyl (C=O) groups is 1. The van der Waals surface area contributed by atoms with E-state index in [-0.39, 0.29) is 5.91 Å². The fourth-order valence-electron chi connectivity index (χ4n) is 1.50. The average Bonchev–Trinajstić information content (AvgIpc) is 2.83. The third-order valence-corrected chi connectivity index (χ3v) is 3.67. The second-order valence-corrected chi connectivity index (χ2v) is 5.35. The second-order valence-electron chi connectivity index (χ2n) is 3.63. The molecule has 0 radical (unpaired) electrons. The molecule has 3 nitrogen and oxygen atoms in total. The molecule has 0 spiro atoms. The standard InChI is InChI=1S/C13H9ClN2OS/c1-16(10-4-2-3-9(7-10)8-15)13(17)11-5-6-12(14)18-11/h2-7H,1H3. The minimum Gasteiger partial charge on any atom is -0.311 e. The van der Waals surface area contributed by atoms with Gasteiger partial charge < -0.3 is 4.90 Å². The monoisotopic (exact) mass is 276 g/mol. The molecule has 1 amide bonds. The molecule has 0 bridgehead atoms. The Morgan fingerprint density at radius 1 is 1.39 bits per heavy atom. The lowest BCUT2D eigenvalue weighted by Crippen LogP contribution is -2.25. The van der Waals surface area contributed by atoms with E-state index in [0.717, 1.165) is 0 Å². The minimum atomic E-state index is -0.137. The number of anilines is 1. The fraction of sp³-hybridized carbons (Fsp3) is 0.0769. The highest BCUT2D eigenvalue weighted by Gasteiger charge is 2.15. The molecular formula is C13H9ClN2OS. The molecular weight excluding hydrogens is 268 g/mol. The maximum absolute atomic E-state index is 12.2. The molecule has 0 N–H and O–H groups in total. The van der Waals surface area contributed by atoms with Crippen LogP contribution in [0.5, 0.6) is 0 Å². The Bertz CT molecular complexity index is 630. The first-order chi connectivity index (χ1) is 8.61. The summed E-state index contributed by atoms with van der Waals surface area (Å²) in [6.45, 7) is 0. The molecule has 0 saturated carbocycles. The average molecular weight is 277 g/mol. The first-order valence-corrected chi connectivity index (χ1v) is 6.35. The highest BCUT2D eigenvalue weighted by atomic mass is 35.5. The molecule has 0 atom stereocenters. The van der Waals surface area contributed by atoms with Crippen molar-refractivity contribution in [2.24, 2.45) is 0 Å². The summed E-state index contributed by atoms with van der Waals surface area (Å²) in [4.78, 5) is 14.2. The lowest BCUT2D eigenvalue weighted by Gasteiger charge is -2.16. The van der Waals surface area contributed by atoms with Crippen molar-refractivity contribution in [2.45, 2.75) is 0 Å². The lowest BCUT2D eigenvalue weighted by molar-refractivity contribution is 0.0997. The van der Waals surface area contributed by atoms with Crippen LogP contribution in [0.15, 0.2) is 36.4 Å².